The average molecular weight is 613 g/mol. The standard InChI is InChI=1S/C33H36N6O4S/c1-39-19-17-30(38-39)23-44(42,43)31-16-13-28(32(40)34-18-5-6-25-21-35-36-22-25)20-27(31)12-9-24-10-14-29(15-11-24)37-33(41)26-7-3-2-4-8-26/h10-11,13-17,19-22,26H,2-8,18,23H2,1H3,(H,34,40)(H,35,36)(H,37,41). The molecule has 1 aliphatic carbocycles. The van der Waals surface area contributed by atoms with Crippen LogP contribution in [0, 0.1) is 17.8 Å². The Hall–Kier alpha value is -4.69. The third kappa shape index (κ3) is 8.23. The summed E-state index contributed by atoms with van der Waals surface area (Å²) in [5.74, 6) is 5.51. The first-order valence-electron chi connectivity index (χ1n) is 14.8. The number of hydrogen-bond donors (Lipinski definition) is 3. The minimum atomic E-state index is -3.82. The predicted molar refractivity (Wildman–Crippen MR) is 167 cm³/mol. The Bertz CT molecular complexity index is 1760. The minimum absolute atomic E-state index is 0.0310. The van der Waals surface area contributed by atoms with Gasteiger partial charge < -0.3 is 10.6 Å². The molecule has 0 bridgehead atoms. The van der Waals surface area contributed by atoms with Gasteiger partial charge in [0.2, 0.25) is 5.91 Å². The molecular weight excluding hydrogens is 576 g/mol. The maximum Gasteiger partial charge on any atom is 0.251 e. The molecule has 1 aliphatic rings. The summed E-state index contributed by atoms with van der Waals surface area (Å²) in [6.45, 7) is 0.453. The van der Waals surface area contributed by atoms with E-state index in [-0.39, 0.29) is 33.9 Å². The molecule has 4 aromatic rings. The highest BCUT2D eigenvalue weighted by Gasteiger charge is 2.22. The topological polar surface area (TPSA) is 139 Å². The van der Waals surface area contributed by atoms with Gasteiger partial charge in [0.25, 0.3) is 5.91 Å². The summed E-state index contributed by atoms with van der Waals surface area (Å²) in [5, 5.41) is 16.8. The smallest absolute Gasteiger partial charge is 0.251 e. The number of aromatic amines is 1. The summed E-state index contributed by atoms with van der Waals surface area (Å²) < 4.78 is 28.5. The van der Waals surface area contributed by atoms with Crippen molar-refractivity contribution in [2.75, 3.05) is 11.9 Å². The molecule has 0 unspecified atom stereocenters. The summed E-state index contributed by atoms with van der Waals surface area (Å²) in [5.41, 5.74) is 3.34. The summed E-state index contributed by atoms with van der Waals surface area (Å²) >= 11 is 0. The van der Waals surface area contributed by atoms with Gasteiger partial charge in [-0.1, -0.05) is 31.1 Å². The summed E-state index contributed by atoms with van der Waals surface area (Å²) in [6, 6.07) is 13.3. The highest BCUT2D eigenvalue weighted by Crippen LogP contribution is 2.25. The van der Waals surface area contributed by atoms with Crippen molar-refractivity contribution in [3.63, 3.8) is 0 Å². The highest BCUT2D eigenvalue weighted by molar-refractivity contribution is 7.90. The molecule has 10 nitrogen and oxygen atoms in total. The molecule has 2 heterocycles. The van der Waals surface area contributed by atoms with Gasteiger partial charge in [0.05, 0.1) is 22.5 Å². The van der Waals surface area contributed by atoms with E-state index in [0.717, 1.165) is 44.1 Å². The molecule has 1 saturated carbocycles. The van der Waals surface area contributed by atoms with Crippen LogP contribution >= 0.6 is 0 Å². The van der Waals surface area contributed by atoms with Crippen molar-refractivity contribution in [3.8, 4) is 11.8 Å². The molecule has 0 saturated heterocycles. The lowest BCUT2D eigenvalue weighted by molar-refractivity contribution is -0.120. The fourth-order valence-corrected chi connectivity index (χ4v) is 6.67. The van der Waals surface area contributed by atoms with Crippen LogP contribution in [0.1, 0.15) is 71.3 Å². The number of nitrogens with one attached hydrogen (secondary N) is 3. The first-order valence-corrected chi connectivity index (χ1v) is 16.5. The summed E-state index contributed by atoms with van der Waals surface area (Å²) in [4.78, 5) is 25.6. The molecule has 0 aliphatic heterocycles. The zero-order valence-corrected chi connectivity index (χ0v) is 25.5. The molecule has 3 N–H and O–H groups in total. The van der Waals surface area contributed by atoms with Crippen LogP contribution in [0.25, 0.3) is 0 Å². The Morgan fingerprint density at radius 2 is 1.84 bits per heavy atom. The maximum absolute atomic E-state index is 13.5. The van der Waals surface area contributed by atoms with Crippen LogP contribution in [0.5, 0.6) is 0 Å². The van der Waals surface area contributed by atoms with E-state index in [2.05, 4.69) is 37.8 Å². The van der Waals surface area contributed by atoms with Crippen molar-refractivity contribution in [2.45, 2.75) is 55.6 Å². The molecule has 2 amide bonds. The zero-order chi connectivity index (χ0) is 30.9. The van der Waals surface area contributed by atoms with E-state index in [4.69, 9.17) is 0 Å². The number of rotatable bonds is 10. The number of carbonyl (C=O) groups excluding carboxylic acids is 2. The largest absolute Gasteiger partial charge is 0.352 e. The highest BCUT2D eigenvalue weighted by atomic mass is 32.2. The van der Waals surface area contributed by atoms with Gasteiger partial charge in [-0.25, -0.2) is 8.42 Å². The first kappa shape index (κ1) is 30.8. The Morgan fingerprint density at radius 1 is 1.05 bits per heavy atom. The van der Waals surface area contributed by atoms with E-state index in [1.165, 1.54) is 24.6 Å². The van der Waals surface area contributed by atoms with Crippen molar-refractivity contribution >= 4 is 27.3 Å². The Balaban J connectivity index is 1.33. The quantitative estimate of drug-likeness (QED) is 0.179. The van der Waals surface area contributed by atoms with Crippen LogP contribution in [0.3, 0.4) is 0 Å². The van der Waals surface area contributed by atoms with Gasteiger partial charge in [-0.15, -0.1) is 0 Å². The van der Waals surface area contributed by atoms with Crippen LogP contribution in [-0.4, -0.2) is 46.8 Å². The van der Waals surface area contributed by atoms with Gasteiger partial charge >= 0.3 is 0 Å². The maximum atomic E-state index is 13.5. The SMILES string of the molecule is Cn1ccc(CS(=O)(=O)c2ccc(C(=O)NCCCc3cn[nH]c3)cc2C#Cc2ccc(NC(=O)C3CCCCC3)cc2)n1. The van der Waals surface area contributed by atoms with Crippen molar-refractivity contribution in [1.29, 1.82) is 0 Å². The normalized spacial score (nSPS) is 13.6. The van der Waals surface area contributed by atoms with E-state index < -0.39 is 9.84 Å². The number of aromatic nitrogens is 4. The van der Waals surface area contributed by atoms with Crippen molar-refractivity contribution in [3.05, 3.63) is 95.1 Å². The van der Waals surface area contributed by atoms with Gasteiger partial charge in [0.1, 0.15) is 0 Å². The number of nitrogens with zero attached hydrogens (tertiary/aromatic N) is 3. The predicted octanol–water partition coefficient (Wildman–Crippen LogP) is 4.40. The van der Waals surface area contributed by atoms with E-state index in [0.29, 0.717) is 29.1 Å². The van der Waals surface area contributed by atoms with E-state index in [1.807, 2.05) is 6.20 Å². The van der Waals surface area contributed by atoms with Crippen molar-refractivity contribution < 1.29 is 18.0 Å². The van der Waals surface area contributed by atoms with Crippen LogP contribution in [0.15, 0.2) is 72.0 Å². The molecule has 228 valence electrons. The minimum Gasteiger partial charge on any atom is -0.352 e. The number of carbonyl (C=O) groups is 2. The molecule has 2 aromatic heterocycles. The van der Waals surface area contributed by atoms with E-state index in [9.17, 15) is 18.0 Å². The zero-order valence-electron chi connectivity index (χ0n) is 24.7. The second-order valence-electron chi connectivity index (χ2n) is 11.1. The van der Waals surface area contributed by atoms with Gasteiger partial charge in [0, 0.05) is 54.3 Å². The monoisotopic (exact) mass is 612 g/mol. The molecule has 2 aromatic carbocycles. The molecule has 44 heavy (non-hydrogen) atoms. The molecule has 1 fully saturated rings. The molecule has 0 spiro atoms. The fraction of sp³-hybridized carbons (Fsp3) is 0.333. The number of hydrogen-bond acceptors (Lipinski definition) is 6. The number of H-pyrrole nitrogens is 1. The van der Waals surface area contributed by atoms with Crippen LogP contribution in [0.2, 0.25) is 0 Å². The molecule has 0 atom stereocenters. The lowest BCUT2D eigenvalue weighted by Crippen LogP contribution is -2.25. The Labute approximate surface area is 257 Å². The number of sulfone groups is 1. The van der Waals surface area contributed by atoms with Gasteiger partial charge in [-0.3, -0.25) is 19.4 Å². The van der Waals surface area contributed by atoms with Crippen molar-refractivity contribution in [1.82, 2.24) is 25.3 Å². The number of anilines is 1. The molecule has 0 radical (unpaired) electrons. The lowest BCUT2D eigenvalue weighted by Gasteiger charge is -2.20. The lowest BCUT2D eigenvalue weighted by atomic mass is 9.88. The third-order valence-corrected chi connectivity index (χ3v) is 9.34. The van der Waals surface area contributed by atoms with E-state index in [1.54, 1.807) is 54.5 Å². The van der Waals surface area contributed by atoms with Gasteiger partial charge in [0.15, 0.2) is 9.84 Å². The van der Waals surface area contributed by atoms with Gasteiger partial charge in [-0.2, -0.15) is 10.2 Å². The van der Waals surface area contributed by atoms with E-state index >= 15 is 0 Å². The summed E-state index contributed by atoms with van der Waals surface area (Å²) in [6.07, 6.45) is 11.9. The van der Waals surface area contributed by atoms with Crippen LogP contribution in [-0.2, 0) is 33.9 Å². The summed E-state index contributed by atoms with van der Waals surface area (Å²) in [7, 11) is -2.10. The third-order valence-electron chi connectivity index (χ3n) is 7.64. The first-order chi connectivity index (χ1) is 21.3. The van der Waals surface area contributed by atoms with Crippen LogP contribution < -0.4 is 10.6 Å². The Morgan fingerprint density at radius 3 is 2.55 bits per heavy atom. The number of aryl methyl sites for hydroxylation is 2. The van der Waals surface area contributed by atoms with Crippen molar-refractivity contribution in [2.24, 2.45) is 13.0 Å². The number of amides is 2. The Kier molecular flexibility index (Phi) is 9.92. The van der Waals surface area contributed by atoms with Gasteiger partial charge in [-0.05, 0) is 79.8 Å². The molecule has 5 rings (SSSR count). The molecule has 11 heteroatoms. The van der Waals surface area contributed by atoms with Crippen LogP contribution in [0.4, 0.5) is 5.69 Å². The molecular formula is C33H36N6O4S. The fourth-order valence-electron chi connectivity index (χ4n) is 5.25. The second-order valence-corrected chi connectivity index (χ2v) is 13.0. The average Bonchev–Trinajstić information content (AvgIpc) is 3.70. The second kappa shape index (κ2) is 14.2. The number of benzene rings is 2.